The Morgan fingerprint density at radius 2 is 1.42 bits per heavy atom. The van der Waals surface area contributed by atoms with Crippen molar-refractivity contribution in [2.45, 2.75) is 53.9 Å². The molecule has 1 unspecified atom stereocenters. The summed E-state index contributed by atoms with van der Waals surface area (Å²) in [4.78, 5) is 24.2. The number of carbonyl (C=O) groups excluding carboxylic acids is 2. The van der Waals surface area contributed by atoms with Crippen LogP contribution in [-0.4, -0.2) is 18.9 Å². The Morgan fingerprint density at radius 1 is 0.848 bits per heavy atom. The molecule has 0 fully saturated rings. The molecule has 0 bridgehead atoms. The summed E-state index contributed by atoms with van der Waals surface area (Å²) in [5.41, 5.74) is 2.46. The van der Waals surface area contributed by atoms with Crippen LogP contribution in [0.1, 0.15) is 65.0 Å². The smallest absolute Gasteiger partial charge is 0.384 e. The fourth-order valence-corrected chi connectivity index (χ4v) is 3.55. The summed E-state index contributed by atoms with van der Waals surface area (Å²) in [5.74, 6) is -0.110. The molecule has 0 aliphatic carbocycles. The monoisotopic (exact) mass is 448 g/mol. The van der Waals surface area contributed by atoms with Crippen molar-refractivity contribution in [1.82, 2.24) is 0 Å². The van der Waals surface area contributed by atoms with E-state index in [9.17, 15) is 9.59 Å². The van der Waals surface area contributed by atoms with Gasteiger partial charge in [0.15, 0.2) is 0 Å². The first kappa shape index (κ1) is 26.1. The standard InChI is InChI=1S/C29H36O4/c1-28(2,3)20-25(29(4,5)6)22-14-18-24(19-15-22)33-27(31)26(30)11-9-8-10-21-12-16-23(32-7)17-13-21/h8-19,25H,20H2,1-7H3. The highest BCUT2D eigenvalue weighted by Crippen LogP contribution is 2.43. The number of hydrogen-bond donors (Lipinski definition) is 0. The van der Waals surface area contributed by atoms with Crippen LogP contribution >= 0.6 is 0 Å². The Labute approximate surface area is 198 Å². The Balaban J connectivity index is 1.97. The molecular formula is C29H36O4. The van der Waals surface area contributed by atoms with E-state index in [0.717, 1.165) is 17.7 Å². The molecule has 1 atom stereocenters. The number of hydrogen-bond acceptors (Lipinski definition) is 4. The number of rotatable bonds is 8. The van der Waals surface area contributed by atoms with Crippen molar-refractivity contribution in [2.75, 3.05) is 7.11 Å². The van der Waals surface area contributed by atoms with Gasteiger partial charge in [0.25, 0.3) is 5.78 Å². The van der Waals surface area contributed by atoms with Crippen LogP contribution in [0.2, 0.25) is 0 Å². The molecule has 2 aromatic rings. The van der Waals surface area contributed by atoms with Crippen LogP contribution in [0, 0.1) is 10.8 Å². The van der Waals surface area contributed by atoms with Crippen molar-refractivity contribution in [3.8, 4) is 11.5 Å². The van der Waals surface area contributed by atoms with Crippen LogP contribution in [-0.2, 0) is 9.59 Å². The maximum Gasteiger partial charge on any atom is 0.384 e. The van der Waals surface area contributed by atoms with Gasteiger partial charge in [-0.1, -0.05) is 84.0 Å². The number of methoxy groups -OCH3 is 1. The normalized spacial score (nSPS) is 13.3. The van der Waals surface area contributed by atoms with Gasteiger partial charge in [-0.15, -0.1) is 0 Å². The van der Waals surface area contributed by atoms with Gasteiger partial charge in [0.2, 0.25) is 0 Å². The lowest BCUT2D eigenvalue weighted by Crippen LogP contribution is -2.24. The molecule has 0 radical (unpaired) electrons. The Hall–Kier alpha value is -3.14. The van der Waals surface area contributed by atoms with Gasteiger partial charge in [0.05, 0.1) is 7.11 Å². The predicted octanol–water partition coefficient (Wildman–Crippen LogP) is 7.01. The van der Waals surface area contributed by atoms with Crippen LogP contribution in [0.4, 0.5) is 0 Å². The molecular weight excluding hydrogens is 412 g/mol. The van der Waals surface area contributed by atoms with Crippen molar-refractivity contribution in [3.05, 3.63) is 77.9 Å². The zero-order valence-corrected chi connectivity index (χ0v) is 20.8. The topological polar surface area (TPSA) is 52.6 Å². The summed E-state index contributed by atoms with van der Waals surface area (Å²) in [7, 11) is 1.61. The highest BCUT2D eigenvalue weighted by molar-refractivity contribution is 6.38. The SMILES string of the molecule is COc1ccc(C=CC=CC(=O)C(=O)Oc2ccc(C(CC(C)(C)C)C(C)(C)C)cc2)cc1. The first-order valence-electron chi connectivity index (χ1n) is 11.2. The molecule has 0 heterocycles. The van der Waals surface area contributed by atoms with E-state index in [1.807, 2.05) is 42.5 Å². The lowest BCUT2D eigenvalue weighted by atomic mass is 9.69. The third-order valence-corrected chi connectivity index (χ3v) is 5.32. The van der Waals surface area contributed by atoms with Crippen LogP contribution in [0.15, 0.2) is 66.8 Å². The molecule has 0 spiro atoms. The van der Waals surface area contributed by atoms with Gasteiger partial charge >= 0.3 is 5.97 Å². The van der Waals surface area contributed by atoms with E-state index in [-0.39, 0.29) is 10.8 Å². The summed E-state index contributed by atoms with van der Waals surface area (Å²) >= 11 is 0. The van der Waals surface area contributed by atoms with Crippen molar-refractivity contribution in [2.24, 2.45) is 10.8 Å². The Bertz CT molecular complexity index is 982. The average Bonchev–Trinajstić information content (AvgIpc) is 2.74. The second kappa shape index (κ2) is 11.1. The van der Waals surface area contributed by atoms with Crippen LogP contribution in [0.3, 0.4) is 0 Å². The molecule has 0 saturated heterocycles. The molecule has 2 aromatic carbocycles. The predicted molar refractivity (Wildman–Crippen MR) is 135 cm³/mol. The lowest BCUT2D eigenvalue weighted by Gasteiger charge is -2.36. The Morgan fingerprint density at radius 3 is 1.94 bits per heavy atom. The highest BCUT2D eigenvalue weighted by atomic mass is 16.5. The first-order valence-corrected chi connectivity index (χ1v) is 11.2. The van der Waals surface area contributed by atoms with Crippen molar-refractivity contribution >= 4 is 17.8 Å². The van der Waals surface area contributed by atoms with Gasteiger partial charge in [-0.2, -0.15) is 0 Å². The molecule has 0 N–H and O–H groups in total. The summed E-state index contributed by atoms with van der Waals surface area (Å²) in [6.45, 7) is 13.5. The van der Waals surface area contributed by atoms with E-state index in [1.54, 1.807) is 25.3 Å². The minimum absolute atomic E-state index is 0.103. The van der Waals surface area contributed by atoms with Crippen LogP contribution in [0.5, 0.6) is 11.5 Å². The summed E-state index contributed by atoms with van der Waals surface area (Å²) in [5, 5.41) is 0. The summed E-state index contributed by atoms with van der Waals surface area (Å²) in [6.07, 6.45) is 7.30. The number of allylic oxidation sites excluding steroid dienone is 2. The zero-order chi connectivity index (χ0) is 24.6. The number of carbonyl (C=O) groups is 2. The average molecular weight is 449 g/mol. The zero-order valence-electron chi connectivity index (χ0n) is 20.8. The second-order valence-electron chi connectivity index (χ2n) is 10.5. The van der Waals surface area contributed by atoms with Gasteiger partial charge in [-0.25, -0.2) is 4.79 Å². The lowest BCUT2D eigenvalue weighted by molar-refractivity contribution is -0.144. The highest BCUT2D eigenvalue weighted by Gasteiger charge is 2.30. The van der Waals surface area contributed by atoms with E-state index in [4.69, 9.17) is 9.47 Å². The summed E-state index contributed by atoms with van der Waals surface area (Å²) in [6, 6.07) is 15.0. The molecule has 4 heteroatoms. The van der Waals surface area contributed by atoms with Crippen LogP contribution < -0.4 is 9.47 Å². The maximum absolute atomic E-state index is 12.2. The van der Waals surface area contributed by atoms with Crippen molar-refractivity contribution < 1.29 is 19.1 Å². The molecule has 0 aromatic heterocycles. The van der Waals surface area contributed by atoms with Gasteiger partial charge in [0, 0.05) is 0 Å². The molecule has 0 aliphatic heterocycles. The van der Waals surface area contributed by atoms with Gasteiger partial charge in [0.1, 0.15) is 11.5 Å². The molecule has 4 nitrogen and oxygen atoms in total. The van der Waals surface area contributed by atoms with E-state index in [0.29, 0.717) is 11.7 Å². The first-order chi connectivity index (χ1) is 15.4. The molecule has 0 saturated carbocycles. The molecule has 0 aliphatic rings. The van der Waals surface area contributed by atoms with E-state index < -0.39 is 11.8 Å². The number of ketones is 1. The quantitative estimate of drug-likeness (QED) is 0.143. The number of ether oxygens (including phenoxy) is 2. The fraction of sp³-hybridized carbons (Fsp3) is 0.379. The minimum Gasteiger partial charge on any atom is -0.497 e. The minimum atomic E-state index is -0.904. The van der Waals surface area contributed by atoms with Gasteiger partial charge < -0.3 is 9.47 Å². The summed E-state index contributed by atoms with van der Waals surface area (Å²) < 4.78 is 10.4. The van der Waals surface area contributed by atoms with Gasteiger partial charge in [-0.3, -0.25) is 4.79 Å². The second-order valence-corrected chi connectivity index (χ2v) is 10.5. The molecule has 176 valence electrons. The van der Waals surface area contributed by atoms with Crippen LogP contribution in [0.25, 0.3) is 6.08 Å². The molecule has 33 heavy (non-hydrogen) atoms. The van der Waals surface area contributed by atoms with E-state index in [2.05, 4.69) is 41.5 Å². The van der Waals surface area contributed by atoms with Crippen molar-refractivity contribution in [3.63, 3.8) is 0 Å². The molecule has 0 amide bonds. The fourth-order valence-electron chi connectivity index (χ4n) is 3.55. The third kappa shape index (κ3) is 8.72. The Kier molecular flexibility index (Phi) is 8.81. The third-order valence-electron chi connectivity index (χ3n) is 5.32. The van der Waals surface area contributed by atoms with E-state index in [1.165, 1.54) is 17.7 Å². The number of esters is 1. The maximum atomic E-state index is 12.2. The number of benzene rings is 2. The molecule has 2 rings (SSSR count). The van der Waals surface area contributed by atoms with Gasteiger partial charge in [-0.05, 0) is 64.6 Å². The van der Waals surface area contributed by atoms with Crippen molar-refractivity contribution in [1.29, 1.82) is 0 Å². The largest absolute Gasteiger partial charge is 0.497 e. The van der Waals surface area contributed by atoms with E-state index >= 15 is 0 Å².